The molecule has 0 radical (unpaired) electrons. The topological polar surface area (TPSA) is 37.9 Å². The van der Waals surface area contributed by atoms with Crippen LogP contribution < -0.4 is 4.74 Å². The number of hydrogen-bond donors (Lipinski definition) is 1. The van der Waals surface area contributed by atoms with Crippen LogP contribution in [0.1, 0.15) is 5.56 Å². The van der Waals surface area contributed by atoms with Gasteiger partial charge in [0.15, 0.2) is 0 Å². The zero-order valence-electron chi connectivity index (χ0n) is 11.3. The van der Waals surface area contributed by atoms with E-state index in [1.165, 1.54) is 7.11 Å². The zero-order valence-corrected chi connectivity index (χ0v) is 11.3. The Labute approximate surface area is 122 Å². The van der Waals surface area contributed by atoms with Gasteiger partial charge in [-0.25, -0.2) is 9.37 Å². The Balaban J connectivity index is 2.35. The number of nitrogens with zero attached hydrogens (tertiary/aromatic N) is 1. The van der Waals surface area contributed by atoms with Gasteiger partial charge in [0.1, 0.15) is 23.0 Å². The number of hydrogen-bond acceptors (Lipinski definition) is 2. The number of aromatic amines is 1. The van der Waals surface area contributed by atoms with E-state index in [4.69, 9.17) is 4.74 Å². The number of aromatic nitrogens is 2. The molecule has 0 amide bonds. The molecule has 3 nitrogen and oxygen atoms in total. The first kappa shape index (κ1) is 14.4. The lowest BCUT2D eigenvalue weighted by atomic mass is 10.0. The first-order chi connectivity index (χ1) is 10.4. The summed E-state index contributed by atoms with van der Waals surface area (Å²) in [6.45, 7) is 0. The van der Waals surface area contributed by atoms with Gasteiger partial charge in [-0.15, -0.1) is 0 Å². The summed E-state index contributed by atoms with van der Waals surface area (Å²) in [5, 5.41) is 0. The number of nitrogens with one attached hydrogen (secondary N) is 1. The largest absolute Gasteiger partial charge is 0.496 e. The molecule has 0 aliphatic heterocycles. The second kappa shape index (κ2) is 5.01. The number of benzene rings is 2. The standard InChI is InChI=1S/C15H10F4N2O/c1-22-11-7-6-8(16)13(15(17,18)19)12(11)14-20-9-4-2-3-5-10(9)21-14/h2-7H,1H3,(H,20,21). The number of H-pyrrole nitrogens is 1. The number of halogens is 4. The van der Waals surface area contributed by atoms with E-state index in [0.717, 1.165) is 12.1 Å². The zero-order chi connectivity index (χ0) is 15.9. The van der Waals surface area contributed by atoms with Crippen molar-refractivity contribution in [3.8, 4) is 17.1 Å². The van der Waals surface area contributed by atoms with Crippen molar-refractivity contribution in [1.29, 1.82) is 0 Å². The van der Waals surface area contributed by atoms with Crippen LogP contribution in [-0.4, -0.2) is 17.1 Å². The van der Waals surface area contributed by atoms with Gasteiger partial charge in [0.05, 0.1) is 23.7 Å². The highest BCUT2D eigenvalue weighted by Gasteiger charge is 2.39. The molecule has 0 bridgehead atoms. The minimum absolute atomic E-state index is 0.0927. The van der Waals surface area contributed by atoms with Crippen LogP contribution >= 0.6 is 0 Å². The normalized spacial score (nSPS) is 11.9. The average Bonchev–Trinajstić information content (AvgIpc) is 2.89. The second-order valence-electron chi connectivity index (χ2n) is 4.60. The van der Waals surface area contributed by atoms with E-state index in [2.05, 4.69) is 9.97 Å². The van der Waals surface area contributed by atoms with Crippen LogP contribution in [0.3, 0.4) is 0 Å². The van der Waals surface area contributed by atoms with Gasteiger partial charge < -0.3 is 9.72 Å². The summed E-state index contributed by atoms with van der Waals surface area (Å²) >= 11 is 0. The van der Waals surface area contributed by atoms with Gasteiger partial charge in [0, 0.05) is 0 Å². The lowest BCUT2D eigenvalue weighted by molar-refractivity contribution is -0.139. The van der Waals surface area contributed by atoms with Crippen LogP contribution in [0.2, 0.25) is 0 Å². The van der Waals surface area contributed by atoms with E-state index in [1.807, 2.05) is 0 Å². The molecule has 0 spiro atoms. The van der Waals surface area contributed by atoms with Crippen molar-refractivity contribution in [2.24, 2.45) is 0 Å². The Bertz CT molecular complexity index is 806. The smallest absolute Gasteiger partial charge is 0.420 e. The fourth-order valence-electron chi connectivity index (χ4n) is 2.31. The van der Waals surface area contributed by atoms with Crippen molar-refractivity contribution in [2.75, 3.05) is 7.11 Å². The van der Waals surface area contributed by atoms with Crippen LogP contribution in [0.25, 0.3) is 22.4 Å². The van der Waals surface area contributed by atoms with Gasteiger partial charge in [-0.05, 0) is 24.3 Å². The third-order valence-electron chi connectivity index (χ3n) is 3.25. The van der Waals surface area contributed by atoms with Crippen molar-refractivity contribution < 1.29 is 22.3 Å². The molecule has 3 aromatic rings. The number of methoxy groups -OCH3 is 1. The van der Waals surface area contributed by atoms with Crippen LogP contribution in [-0.2, 0) is 6.18 Å². The third kappa shape index (κ3) is 2.28. The van der Waals surface area contributed by atoms with Crippen molar-refractivity contribution in [2.45, 2.75) is 6.18 Å². The number of rotatable bonds is 2. The summed E-state index contributed by atoms with van der Waals surface area (Å²) in [4.78, 5) is 6.87. The van der Waals surface area contributed by atoms with E-state index in [0.29, 0.717) is 11.0 Å². The fourth-order valence-corrected chi connectivity index (χ4v) is 2.31. The van der Waals surface area contributed by atoms with Gasteiger partial charge in [-0.1, -0.05) is 12.1 Å². The molecule has 0 aliphatic rings. The SMILES string of the molecule is COc1ccc(F)c(C(F)(F)F)c1-c1nc2ccccc2[nH]1. The number of fused-ring (bicyclic) bond motifs is 1. The Morgan fingerprint density at radius 3 is 2.45 bits per heavy atom. The molecule has 114 valence electrons. The second-order valence-corrected chi connectivity index (χ2v) is 4.60. The molecule has 22 heavy (non-hydrogen) atoms. The minimum Gasteiger partial charge on any atom is -0.496 e. The molecule has 7 heteroatoms. The highest BCUT2D eigenvalue weighted by Crippen LogP contribution is 2.43. The maximum absolute atomic E-state index is 13.8. The van der Waals surface area contributed by atoms with Crippen molar-refractivity contribution in [3.05, 3.63) is 47.8 Å². The molecular formula is C15H10F4N2O. The molecule has 0 unspecified atom stereocenters. The Kier molecular flexibility index (Phi) is 3.27. The number of para-hydroxylation sites is 2. The summed E-state index contributed by atoms with van der Waals surface area (Å²) in [5.74, 6) is -1.57. The molecule has 0 saturated heterocycles. The maximum atomic E-state index is 13.8. The van der Waals surface area contributed by atoms with Crippen molar-refractivity contribution in [1.82, 2.24) is 9.97 Å². The molecule has 1 N–H and O–H groups in total. The van der Waals surface area contributed by atoms with Gasteiger partial charge >= 0.3 is 6.18 Å². The lowest BCUT2D eigenvalue weighted by Gasteiger charge is -2.15. The molecular weight excluding hydrogens is 300 g/mol. The summed E-state index contributed by atoms with van der Waals surface area (Å²) in [7, 11) is 1.22. The highest BCUT2D eigenvalue weighted by molar-refractivity contribution is 5.81. The molecule has 0 saturated carbocycles. The predicted octanol–water partition coefficient (Wildman–Crippen LogP) is 4.40. The first-order valence-corrected chi connectivity index (χ1v) is 6.30. The average molecular weight is 310 g/mol. The van der Waals surface area contributed by atoms with Crippen LogP contribution in [0, 0.1) is 5.82 Å². The third-order valence-corrected chi connectivity index (χ3v) is 3.25. The summed E-state index contributed by atoms with van der Waals surface area (Å²) < 4.78 is 58.4. The fraction of sp³-hybridized carbons (Fsp3) is 0.133. The molecule has 0 atom stereocenters. The van der Waals surface area contributed by atoms with E-state index in [1.54, 1.807) is 24.3 Å². The summed E-state index contributed by atoms with van der Waals surface area (Å²) in [5.41, 5.74) is -0.800. The van der Waals surface area contributed by atoms with E-state index >= 15 is 0 Å². The van der Waals surface area contributed by atoms with Crippen LogP contribution in [0.15, 0.2) is 36.4 Å². The van der Waals surface area contributed by atoms with E-state index in [9.17, 15) is 17.6 Å². The molecule has 0 aliphatic carbocycles. The molecule has 0 fully saturated rings. The summed E-state index contributed by atoms with van der Waals surface area (Å²) in [6, 6.07) is 8.62. The van der Waals surface area contributed by atoms with Crippen LogP contribution in [0.5, 0.6) is 5.75 Å². The Morgan fingerprint density at radius 2 is 1.82 bits per heavy atom. The van der Waals surface area contributed by atoms with Crippen LogP contribution in [0.4, 0.5) is 17.6 Å². The van der Waals surface area contributed by atoms with Gasteiger partial charge in [-0.2, -0.15) is 13.2 Å². The van der Waals surface area contributed by atoms with E-state index in [-0.39, 0.29) is 11.6 Å². The maximum Gasteiger partial charge on any atom is 0.420 e. The first-order valence-electron chi connectivity index (χ1n) is 6.30. The summed E-state index contributed by atoms with van der Waals surface area (Å²) in [6.07, 6.45) is -4.87. The quantitative estimate of drug-likeness (QED) is 0.713. The minimum atomic E-state index is -4.87. The van der Waals surface area contributed by atoms with Gasteiger partial charge in [0.2, 0.25) is 0 Å². The van der Waals surface area contributed by atoms with Gasteiger partial charge in [0.25, 0.3) is 0 Å². The molecule has 2 aromatic carbocycles. The number of ether oxygens (including phenoxy) is 1. The number of alkyl halides is 3. The van der Waals surface area contributed by atoms with Crippen molar-refractivity contribution >= 4 is 11.0 Å². The molecule has 1 aromatic heterocycles. The monoisotopic (exact) mass is 310 g/mol. The molecule has 3 rings (SSSR count). The predicted molar refractivity (Wildman–Crippen MR) is 73.0 cm³/mol. The van der Waals surface area contributed by atoms with E-state index < -0.39 is 23.1 Å². The lowest BCUT2D eigenvalue weighted by Crippen LogP contribution is -2.11. The highest BCUT2D eigenvalue weighted by atomic mass is 19.4. The number of imidazole rings is 1. The van der Waals surface area contributed by atoms with Gasteiger partial charge in [-0.3, -0.25) is 0 Å². The Hall–Kier alpha value is -2.57. The molecule has 1 heterocycles. The Morgan fingerprint density at radius 1 is 1.09 bits per heavy atom. The van der Waals surface area contributed by atoms with Crippen molar-refractivity contribution in [3.63, 3.8) is 0 Å².